The highest BCUT2D eigenvalue weighted by Crippen LogP contribution is 2.18. The Morgan fingerprint density at radius 3 is 2.92 bits per heavy atom. The molecule has 7 nitrogen and oxygen atoms in total. The molecule has 1 atom stereocenters. The van der Waals surface area contributed by atoms with E-state index in [1.165, 1.54) is 0 Å². The molecular weight excluding hydrogens is 445 g/mol. The first-order valence-electron chi connectivity index (χ1n) is 8.79. The van der Waals surface area contributed by atoms with Crippen LogP contribution in [0.2, 0.25) is 0 Å². The molecule has 0 radical (unpaired) electrons. The molecule has 1 fully saturated rings. The van der Waals surface area contributed by atoms with Crippen molar-refractivity contribution in [3.8, 4) is 0 Å². The van der Waals surface area contributed by atoms with Crippen molar-refractivity contribution in [1.29, 1.82) is 0 Å². The second-order valence-corrected chi connectivity index (χ2v) is 6.35. The van der Waals surface area contributed by atoms with Crippen molar-refractivity contribution in [3.63, 3.8) is 0 Å². The summed E-state index contributed by atoms with van der Waals surface area (Å²) in [6.07, 6.45) is 3.65. The zero-order valence-electron chi connectivity index (χ0n) is 16.1. The Hall–Kier alpha value is -1.58. The van der Waals surface area contributed by atoms with E-state index in [1.807, 2.05) is 38.2 Å². The van der Waals surface area contributed by atoms with Crippen molar-refractivity contribution in [2.75, 3.05) is 45.7 Å². The van der Waals surface area contributed by atoms with Crippen LogP contribution < -0.4 is 10.2 Å². The van der Waals surface area contributed by atoms with E-state index in [9.17, 15) is 4.79 Å². The van der Waals surface area contributed by atoms with E-state index in [-0.39, 0.29) is 35.9 Å². The summed E-state index contributed by atoms with van der Waals surface area (Å²) in [4.78, 5) is 24.8. The van der Waals surface area contributed by atoms with Crippen molar-refractivity contribution < 1.29 is 9.53 Å². The molecule has 1 N–H and O–H groups in total. The van der Waals surface area contributed by atoms with Gasteiger partial charge in [0, 0.05) is 47.0 Å². The van der Waals surface area contributed by atoms with Gasteiger partial charge in [0.05, 0.1) is 12.5 Å². The van der Waals surface area contributed by atoms with Gasteiger partial charge in [0.15, 0.2) is 5.96 Å². The average molecular weight is 475 g/mol. The minimum absolute atomic E-state index is 0. The van der Waals surface area contributed by atoms with Crippen LogP contribution in [-0.4, -0.2) is 62.7 Å². The second-order valence-electron chi connectivity index (χ2n) is 6.35. The Balaban J connectivity index is 0.00000338. The predicted octanol–water partition coefficient (Wildman–Crippen LogP) is 2.12. The van der Waals surface area contributed by atoms with Gasteiger partial charge in [0.25, 0.3) is 0 Å². The maximum absolute atomic E-state index is 12.0. The number of rotatable bonds is 5. The molecule has 1 aromatic rings. The van der Waals surface area contributed by atoms with Crippen LogP contribution in [0.1, 0.15) is 25.3 Å². The van der Waals surface area contributed by atoms with E-state index in [1.54, 1.807) is 7.05 Å². The number of nitrogens with zero attached hydrogens (tertiary/aromatic N) is 4. The topological polar surface area (TPSA) is 70.1 Å². The molecule has 1 aliphatic heterocycles. The van der Waals surface area contributed by atoms with Crippen LogP contribution >= 0.6 is 24.0 Å². The van der Waals surface area contributed by atoms with E-state index in [0.29, 0.717) is 19.7 Å². The Kier molecular flexibility index (Phi) is 9.68. The summed E-state index contributed by atoms with van der Waals surface area (Å²) in [5.41, 5.74) is 1.14. The fourth-order valence-electron chi connectivity index (χ4n) is 2.95. The average Bonchev–Trinajstić information content (AvgIpc) is 2.63. The van der Waals surface area contributed by atoms with E-state index in [2.05, 4.69) is 26.3 Å². The molecule has 0 saturated carbocycles. The lowest BCUT2D eigenvalue weighted by Gasteiger charge is -2.34. The molecule has 2 heterocycles. The summed E-state index contributed by atoms with van der Waals surface area (Å²) >= 11 is 0. The number of esters is 1. The molecule has 2 rings (SSSR count). The van der Waals surface area contributed by atoms with E-state index >= 15 is 0 Å². The van der Waals surface area contributed by atoms with Gasteiger partial charge in [-0.3, -0.25) is 9.79 Å². The fourth-order valence-corrected chi connectivity index (χ4v) is 2.95. The van der Waals surface area contributed by atoms with Crippen molar-refractivity contribution in [3.05, 3.63) is 23.9 Å². The van der Waals surface area contributed by atoms with Gasteiger partial charge in [-0.05, 0) is 37.5 Å². The number of nitrogens with one attached hydrogen (secondary N) is 1. The first kappa shape index (κ1) is 22.5. The molecule has 1 saturated heterocycles. The first-order valence-corrected chi connectivity index (χ1v) is 8.79. The van der Waals surface area contributed by atoms with Crippen molar-refractivity contribution in [2.24, 2.45) is 10.9 Å². The van der Waals surface area contributed by atoms with Crippen molar-refractivity contribution in [1.82, 2.24) is 15.2 Å². The zero-order valence-corrected chi connectivity index (χ0v) is 18.4. The molecule has 0 bridgehead atoms. The van der Waals surface area contributed by atoms with Crippen molar-refractivity contribution >= 4 is 41.7 Å². The largest absolute Gasteiger partial charge is 0.466 e. The van der Waals surface area contributed by atoms with Gasteiger partial charge in [-0.1, -0.05) is 0 Å². The molecule has 0 amide bonds. The normalized spacial score (nSPS) is 17.3. The summed E-state index contributed by atoms with van der Waals surface area (Å²) in [5, 5.41) is 3.39. The van der Waals surface area contributed by atoms with Crippen molar-refractivity contribution in [2.45, 2.75) is 26.3 Å². The lowest BCUT2D eigenvalue weighted by Crippen LogP contribution is -2.48. The molecule has 0 aromatic carbocycles. The van der Waals surface area contributed by atoms with Gasteiger partial charge in [-0.2, -0.15) is 0 Å². The highest BCUT2D eigenvalue weighted by atomic mass is 127. The zero-order chi connectivity index (χ0) is 18.2. The van der Waals surface area contributed by atoms with Gasteiger partial charge < -0.3 is 19.9 Å². The van der Waals surface area contributed by atoms with E-state index in [4.69, 9.17) is 4.74 Å². The van der Waals surface area contributed by atoms with Crippen LogP contribution in [-0.2, 0) is 16.1 Å². The maximum atomic E-state index is 12.0. The summed E-state index contributed by atoms with van der Waals surface area (Å²) in [5.74, 6) is 1.56. The van der Waals surface area contributed by atoms with Gasteiger partial charge in [-0.15, -0.1) is 24.0 Å². The van der Waals surface area contributed by atoms with Crippen LogP contribution in [0.25, 0.3) is 0 Å². The third-order valence-corrected chi connectivity index (χ3v) is 4.27. The Labute approximate surface area is 173 Å². The third kappa shape index (κ3) is 6.30. The number of hydrogen-bond donors (Lipinski definition) is 1. The number of guanidine groups is 1. The molecule has 8 heteroatoms. The lowest BCUT2D eigenvalue weighted by molar-refractivity contribution is -0.149. The van der Waals surface area contributed by atoms with Crippen LogP contribution in [0.4, 0.5) is 5.82 Å². The molecule has 1 unspecified atom stereocenters. The number of pyridine rings is 1. The molecule has 1 aliphatic rings. The summed E-state index contributed by atoms with van der Waals surface area (Å²) in [7, 11) is 5.72. The molecule has 0 aliphatic carbocycles. The molecule has 1 aromatic heterocycles. The SMILES string of the molecule is CCOC(=O)C1CCCN(C(=NC)NCc2ccnc(N(C)C)c2)C1.I. The number of aliphatic imine (C=N–C) groups is 1. The number of piperidine rings is 1. The number of aromatic nitrogens is 1. The number of halogens is 1. The van der Waals surface area contributed by atoms with E-state index in [0.717, 1.165) is 36.7 Å². The van der Waals surface area contributed by atoms with Crippen LogP contribution in [0, 0.1) is 5.92 Å². The number of ether oxygens (including phenoxy) is 1. The molecule has 26 heavy (non-hydrogen) atoms. The first-order chi connectivity index (χ1) is 12.0. The maximum Gasteiger partial charge on any atom is 0.310 e. The predicted molar refractivity (Wildman–Crippen MR) is 115 cm³/mol. The number of carbonyl (C=O) groups excluding carboxylic acids is 1. The van der Waals surface area contributed by atoms with Gasteiger partial charge >= 0.3 is 5.97 Å². The number of anilines is 1. The lowest BCUT2D eigenvalue weighted by atomic mass is 9.98. The summed E-state index contributed by atoms with van der Waals surface area (Å²) in [6.45, 7) is 4.48. The van der Waals surface area contributed by atoms with Crippen LogP contribution in [0.15, 0.2) is 23.3 Å². The summed E-state index contributed by atoms with van der Waals surface area (Å²) in [6, 6.07) is 4.04. The van der Waals surface area contributed by atoms with Crippen LogP contribution in [0.3, 0.4) is 0 Å². The third-order valence-electron chi connectivity index (χ3n) is 4.27. The van der Waals surface area contributed by atoms with E-state index < -0.39 is 0 Å². The minimum Gasteiger partial charge on any atom is -0.466 e. The highest BCUT2D eigenvalue weighted by Gasteiger charge is 2.28. The minimum atomic E-state index is -0.104. The molecular formula is C18H30IN5O2. The Bertz CT molecular complexity index is 609. The monoisotopic (exact) mass is 475 g/mol. The second kappa shape index (κ2) is 11.2. The fraction of sp³-hybridized carbons (Fsp3) is 0.611. The van der Waals surface area contributed by atoms with Gasteiger partial charge in [0.2, 0.25) is 0 Å². The Morgan fingerprint density at radius 1 is 1.50 bits per heavy atom. The van der Waals surface area contributed by atoms with Gasteiger partial charge in [-0.25, -0.2) is 4.98 Å². The number of likely N-dealkylation sites (tertiary alicyclic amines) is 1. The number of hydrogen-bond acceptors (Lipinski definition) is 5. The van der Waals surface area contributed by atoms with Crippen LogP contribution in [0.5, 0.6) is 0 Å². The standard InChI is InChI=1S/C18H29N5O2.HI/c1-5-25-17(24)15-7-6-10-23(13-15)18(19-2)21-12-14-8-9-20-16(11-14)22(3)4;/h8-9,11,15H,5-7,10,12-13H2,1-4H3,(H,19,21);1H. The molecule has 146 valence electrons. The smallest absolute Gasteiger partial charge is 0.310 e. The quantitative estimate of drug-likeness (QED) is 0.305. The Morgan fingerprint density at radius 2 is 2.27 bits per heavy atom. The highest BCUT2D eigenvalue weighted by molar-refractivity contribution is 14.0. The number of carbonyl (C=O) groups is 1. The summed E-state index contributed by atoms with van der Waals surface area (Å²) < 4.78 is 5.17. The molecule has 0 spiro atoms. The van der Waals surface area contributed by atoms with Gasteiger partial charge in [0.1, 0.15) is 5.82 Å².